The molecule has 0 unspecified atom stereocenters. The van der Waals surface area contributed by atoms with Gasteiger partial charge in [0.05, 0.1) is 5.56 Å². The van der Waals surface area contributed by atoms with Crippen LogP contribution in [0.3, 0.4) is 0 Å². The highest BCUT2D eigenvalue weighted by molar-refractivity contribution is 7.98. The van der Waals surface area contributed by atoms with Gasteiger partial charge in [-0.15, -0.1) is 23.1 Å². The third-order valence-electron chi connectivity index (χ3n) is 5.81. The van der Waals surface area contributed by atoms with E-state index in [9.17, 15) is 13.2 Å². The van der Waals surface area contributed by atoms with E-state index in [1.807, 2.05) is 30.3 Å². The average Bonchev–Trinajstić information content (AvgIpc) is 3.16. The molecule has 31 heavy (non-hydrogen) atoms. The van der Waals surface area contributed by atoms with Gasteiger partial charge in [0.25, 0.3) is 16.1 Å². The number of rotatable bonds is 6. The topological polar surface area (TPSA) is 60.9 Å². The molecule has 3 heterocycles. The first kappa shape index (κ1) is 22.8. The zero-order chi connectivity index (χ0) is 21.7. The fourth-order valence-corrected chi connectivity index (χ4v) is 7.53. The minimum Gasteiger partial charge on any atom is -0.336 e. The van der Waals surface area contributed by atoms with Crippen molar-refractivity contribution < 1.29 is 13.2 Å². The molecule has 2 aromatic rings. The summed E-state index contributed by atoms with van der Waals surface area (Å²) >= 11 is 3.39. The molecule has 0 N–H and O–H groups in total. The van der Waals surface area contributed by atoms with E-state index in [2.05, 4.69) is 11.4 Å². The van der Waals surface area contributed by atoms with Crippen molar-refractivity contribution in [3.63, 3.8) is 0 Å². The summed E-state index contributed by atoms with van der Waals surface area (Å²) in [6, 6.07) is 11.9. The lowest BCUT2D eigenvalue weighted by Crippen LogP contribution is -2.54. The van der Waals surface area contributed by atoms with Crippen LogP contribution in [-0.2, 0) is 16.0 Å². The Morgan fingerprint density at radius 1 is 0.871 bits per heavy atom. The van der Waals surface area contributed by atoms with Crippen molar-refractivity contribution in [3.05, 3.63) is 52.2 Å². The van der Waals surface area contributed by atoms with Crippen LogP contribution in [0.25, 0.3) is 0 Å². The number of thiophene rings is 1. The normalized spacial score (nSPS) is 19.3. The Hall–Kier alpha value is -1.39. The number of carbonyl (C=O) groups is 1. The lowest BCUT2D eigenvalue weighted by Gasteiger charge is -2.36. The third kappa shape index (κ3) is 5.51. The molecular weight excluding hydrogens is 450 g/mol. The number of amides is 1. The second-order valence-electron chi connectivity index (χ2n) is 7.88. The number of benzene rings is 1. The minimum atomic E-state index is -3.44. The van der Waals surface area contributed by atoms with Crippen molar-refractivity contribution >= 4 is 39.2 Å². The summed E-state index contributed by atoms with van der Waals surface area (Å²) in [6.07, 6.45) is 4.05. The molecule has 0 bridgehead atoms. The molecule has 2 fully saturated rings. The van der Waals surface area contributed by atoms with Gasteiger partial charge in [-0.2, -0.15) is 17.0 Å². The van der Waals surface area contributed by atoms with Gasteiger partial charge in [-0.25, -0.2) is 0 Å². The Labute approximate surface area is 193 Å². The van der Waals surface area contributed by atoms with Crippen LogP contribution in [0.1, 0.15) is 40.9 Å². The number of hydrogen-bond donors (Lipinski definition) is 0. The maximum atomic E-state index is 13.2. The van der Waals surface area contributed by atoms with Gasteiger partial charge in [0.2, 0.25) is 0 Å². The molecule has 1 amide bonds. The molecule has 2 saturated heterocycles. The van der Waals surface area contributed by atoms with E-state index < -0.39 is 10.2 Å². The molecule has 0 atom stereocenters. The number of hydrogen-bond acceptors (Lipinski definition) is 5. The Bertz CT molecular complexity index is 963. The van der Waals surface area contributed by atoms with Gasteiger partial charge in [0.15, 0.2) is 0 Å². The monoisotopic (exact) mass is 479 g/mol. The molecule has 1 aromatic carbocycles. The van der Waals surface area contributed by atoms with Gasteiger partial charge in [-0.05, 0) is 36.4 Å². The lowest BCUT2D eigenvalue weighted by molar-refractivity contribution is 0.0690. The average molecular weight is 480 g/mol. The van der Waals surface area contributed by atoms with Crippen molar-refractivity contribution in [2.24, 2.45) is 0 Å². The quantitative estimate of drug-likeness (QED) is 0.589. The fraction of sp³-hybridized carbons (Fsp3) is 0.500. The zero-order valence-corrected chi connectivity index (χ0v) is 20.1. The van der Waals surface area contributed by atoms with Gasteiger partial charge < -0.3 is 4.90 Å². The molecule has 4 rings (SSSR count). The van der Waals surface area contributed by atoms with E-state index >= 15 is 0 Å². The first-order chi connectivity index (χ1) is 15.1. The summed E-state index contributed by atoms with van der Waals surface area (Å²) in [7, 11) is -3.44. The van der Waals surface area contributed by atoms with Crippen LogP contribution >= 0.6 is 23.1 Å². The van der Waals surface area contributed by atoms with Gasteiger partial charge in [0, 0.05) is 54.8 Å². The molecule has 1 aromatic heterocycles. The van der Waals surface area contributed by atoms with E-state index in [1.54, 1.807) is 36.6 Å². The molecular formula is C22H29N3O3S3. The Morgan fingerprint density at radius 2 is 1.55 bits per heavy atom. The van der Waals surface area contributed by atoms with Crippen molar-refractivity contribution in [2.45, 2.75) is 36.3 Å². The Kier molecular flexibility index (Phi) is 7.71. The number of piperazine rings is 1. The molecule has 0 spiro atoms. The van der Waals surface area contributed by atoms with E-state index in [0.29, 0.717) is 44.8 Å². The van der Waals surface area contributed by atoms with Crippen molar-refractivity contribution in [3.8, 4) is 0 Å². The van der Waals surface area contributed by atoms with Crippen LogP contribution < -0.4 is 0 Å². The third-order valence-corrected chi connectivity index (χ3v) is 10.0. The van der Waals surface area contributed by atoms with Crippen LogP contribution in [0.2, 0.25) is 0 Å². The second-order valence-corrected chi connectivity index (χ2v) is 11.9. The van der Waals surface area contributed by atoms with Gasteiger partial charge in [-0.3, -0.25) is 4.79 Å². The summed E-state index contributed by atoms with van der Waals surface area (Å²) in [5.41, 5.74) is 0.702. The summed E-state index contributed by atoms with van der Waals surface area (Å²) in [6.45, 7) is 2.78. The van der Waals surface area contributed by atoms with Crippen molar-refractivity contribution in [1.29, 1.82) is 0 Å². The van der Waals surface area contributed by atoms with Crippen LogP contribution in [-0.4, -0.2) is 67.1 Å². The molecule has 9 heteroatoms. The summed E-state index contributed by atoms with van der Waals surface area (Å²) in [4.78, 5) is 17.3. The standard InChI is InChI=1S/C22H29N3O3S3/c26-22(20-9-3-4-10-21(20)30-18-19-8-7-17-29-19)23-13-15-25(16-14-23)31(27,28)24-11-5-1-2-6-12-24/h3-4,7-10,17H,1-2,5-6,11-16,18H2. The molecule has 6 nitrogen and oxygen atoms in total. The largest absolute Gasteiger partial charge is 0.336 e. The van der Waals surface area contributed by atoms with E-state index in [4.69, 9.17) is 0 Å². The number of carbonyl (C=O) groups excluding carboxylic acids is 1. The smallest absolute Gasteiger partial charge is 0.282 e. The highest BCUT2D eigenvalue weighted by Gasteiger charge is 2.34. The first-order valence-corrected chi connectivity index (χ1v) is 14.1. The summed E-state index contributed by atoms with van der Waals surface area (Å²) in [5.74, 6) is 0.824. The molecule has 2 aliphatic heterocycles. The van der Waals surface area contributed by atoms with Gasteiger partial charge in [0.1, 0.15) is 0 Å². The van der Waals surface area contributed by atoms with E-state index in [-0.39, 0.29) is 5.91 Å². The Morgan fingerprint density at radius 3 is 2.23 bits per heavy atom. The minimum absolute atomic E-state index is 0.0129. The number of thioether (sulfide) groups is 1. The van der Waals surface area contributed by atoms with Crippen LogP contribution in [0, 0.1) is 0 Å². The van der Waals surface area contributed by atoms with Crippen molar-refractivity contribution in [2.75, 3.05) is 39.3 Å². The first-order valence-electron chi connectivity index (χ1n) is 10.8. The molecule has 0 radical (unpaired) electrons. The van der Waals surface area contributed by atoms with Gasteiger partial charge >= 0.3 is 0 Å². The van der Waals surface area contributed by atoms with E-state index in [0.717, 1.165) is 36.3 Å². The highest BCUT2D eigenvalue weighted by atomic mass is 32.2. The predicted octanol–water partition coefficient (Wildman–Crippen LogP) is 3.92. The van der Waals surface area contributed by atoms with Crippen LogP contribution in [0.15, 0.2) is 46.7 Å². The molecule has 0 saturated carbocycles. The highest BCUT2D eigenvalue weighted by Crippen LogP contribution is 2.29. The molecule has 168 valence electrons. The predicted molar refractivity (Wildman–Crippen MR) is 127 cm³/mol. The zero-order valence-electron chi connectivity index (χ0n) is 17.6. The molecule has 2 aliphatic rings. The molecule has 0 aliphatic carbocycles. The Balaban J connectivity index is 1.38. The number of nitrogens with zero attached hydrogens (tertiary/aromatic N) is 3. The van der Waals surface area contributed by atoms with Crippen LogP contribution in [0.5, 0.6) is 0 Å². The van der Waals surface area contributed by atoms with Gasteiger partial charge in [-0.1, -0.05) is 31.0 Å². The van der Waals surface area contributed by atoms with E-state index in [1.165, 1.54) is 4.88 Å². The summed E-state index contributed by atoms with van der Waals surface area (Å²) < 4.78 is 29.3. The SMILES string of the molecule is O=C(c1ccccc1SCc1cccs1)N1CCN(S(=O)(=O)N2CCCCCC2)CC1. The lowest BCUT2D eigenvalue weighted by atomic mass is 10.2. The maximum absolute atomic E-state index is 13.2. The fourth-order valence-electron chi connectivity index (χ4n) is 4.04. The maximum Gasteiger partial charge on any atom is 0.282 e. The van der Waals surface area contributed by atoms with Crippen molar-refractivity contribution in [1.82, 2.24) is 13.5 Å². The van der Waals surface area contributed by atoms with Crippen LogP contribution in [0.4, 0.5) is 0 Å². The summed E-state index contributed by atoms with van der Waals surface area (Å²) in [5, 5.41) is 2.06. The second kappa shape index (κ2) is 10.5.